The second-order valence-electron chi connectivity index (χ2n) is 4.79. The van der Waals surface area contributed by atoms with Crippen LogP contribution in [0.25, 0.3) is 0 Å². The van der Waals surface area contributed by atoms with Crippen molar-refractivity contribution in [3.63, 3.8) is 0 Å². The number of nitrogens with one attached hydrogen (secondary N) is 1. The number of hydrogen-bond acceptors (Lipinski definition) is 7. The minimum absolute atomic E-state index is 0.459. The largest absolute Gasteiger partial charge is 0.374 e. The van der Waals surface area contributed by atoms with Crippen molar-refractivity contribution in [2.24, 2.45) is 0 Å². The molecule has 19 heavy (non-hydrogen) atoms. The van der Waals surface area contributed by atoms with Crippen molar-refractivity contribution in [3.8, 4) is 0 Å². The molecule has 100 valence electrons. The fourth-order valence-electron chi connectivity index (χ4n) is 2.53. The Morgan fingerprint density at radius 2 is 2.00 bits per heavy atom. The highest BCUT2D eigenvalue weighted by molar-refractivity contribution is 7.18. The third kappa shape index (κ3) is 2.98. The van der Waals surface area contributed by atoms with Gasteiger partial charge in [0.15, 0.2) is 0 Å². The maximum Gasteiger partial charge on any atom is 0.207 e. The monoisotopic (exact) mass is 276 g/mol. The number of rotatable bonds is 3. The Bertz CT molecular complexity index is 520. The van der Waals surface area contributed by atoms with Gasteiger partial charge >= 0.3 is 0 Å². The predicted octanol–water partition coefficient (Wildman–Crippen LogP) is 2.05. The first-order valence-electron chi connectivity index (χ1n) is 6.44. The second-order valence-corrected chi connectivity index (χ2v) is 5.80. The number of nitrogen functional groups attached to an aromatic ring is 1. The Labute approximate surface area is 115 Å². The van der Waals surface area contributed by atoms with Crippen molar-refractivity contribution in [2.45, 2.75) is 37.6 Å². The first kappa shape index (κ1) is 12.3. The molecule has 2 heterocycles. The molecule has 0 radical (unpaired) electrons. The molecule has 1 saturated carbocycles. The fraction of sp³-hybridized carbons (Fsp3) is 0.500. The molecule has 1 aliphatic carbocycles. The molecule has 2 aromatic rings. The maximum atomic E-state index is 5.57. The van der Waals surface area contributed by atoms with Gasteiger partial charge in [0.25, 0.3) is 0 Å². The molecular weight excluding hydrogens is 260 g/mol. The van der Waals surface area contributed by atoms with E-state index in [0.717, 1.165) is 36.5 Å². The molecule has 0 aromatic carbocycles. The van der Waals surface area contributed by atoms with Crippen LogP contribution in [0, 0.1) is 0 Å². The van der Waals surface area contributed by atoms with E-state index < -0.39 is 0 Å². The van der Waals surface area contributed by atoms with Crippen molar-refractivity contribution < 1.29 is 0 Å². The molecule has 1 aliphatic rings. The van der Waals surface area contributed by atoms with E-state index in [1.165, 1.54) is 11.3 Å². The molecule has 0 atom stereocenters. The Morgan fingerprint density at radius 1 is 1.16 bits per heavy atom. The van der Waals surface area contributed by atoms with Crippen LogP contribution in [-0.4, -0.2) is 26.4 Å². The van der Waals surface area contributed by atoms with Crippen LogP contribution in [0.2, 0.25) is 0 Å². The molecule has 0 unspecified atom stereocenters. The van der Waals surface area contributed by atoms with Crippen molar-refractivity contribution in [3.05, 3.63) is 24.0 Å². The molecule has 1 fully saturated rings. The topological polar surface area (TPSA) is 89.6 Å². The van der Waals surface area contributed by atoms with Crippen LogP contribution < -0.4 is 11.1 Å². The zero-order chi connectivity index (χ0) is 13.1. The van der Waals surface area contributed by atoms with Crippen LogP contribution in [0.3, 0.4) is 0 Å². The van der Waals surface area contributed by atoms with Gasteiger partial charge in [-0.25, -0.2) is 0 Å². The Balaban J connectivity index is 1.55. The van der Waals surface area contributed by atoms with E-state index in [9.17, 15) is 0 Å². The Morgan fingerprint density at radius 3 is 2.63 bits per heavy atom. The first-order valence-corrected chi connectivity index (χ1v) is 7.26. The minimum Gasteiger partial charge on any atom is -0.374 e. The highest BCUT2D eigenvalue weighted by Crippen LogP contribution is 2.33. The van der Waals surface area contributed by atoms with Gasteiger partial charge in [0, 0.05) is 18.2 Å². The quantitative estimate of drug-likeness (QED) is 0.891. The average molecular weight is 276 g/mol. The van der Waals surface area contributed by atoms with E-state index in [1.54, 1.807) is 6.20 Å². The smallest absolute Gasteiger partial charge is 0.207 e. The highest BCUT2D eigenvalue weighted by atomic mass is 32.1. The average Bonchev–Trinajstić information content (AvgIpc) is 2.86. The van der Waals surface area contributed by atoms with Gasteiger partial charge < -0.3 is 11.1 Å². The summed E-state index contributed by atoms with van der Waals surface area (Å²) in [6.45, 7) is 0. The fourth-order valence-corrected chi connectivity index (χ4v) is 3.12. The van der Waals surface area contributed by atoms with Gasteiger partial charge in [-0.05, 0) is 37.8 Å². The normalized spacial score (nSPS) is 23.2. The van der Waals surface area contributed by atoms with Crippen LogP contribution in [0.5, 0.6) is 0 Å². The zero-order valence-electron chi connectivity index (χ0n) is 10.5. The predicted molar refractivity (Wildman–Crippen MR) is 75.0 cm³/mol. The molecule has 0 saturated heterocycles. The van der Waals surface area contributed by atoms with Gasteiger partial charge in [-0.15, -0.1) is 10.2 Å². The van der Waals surface area contributed by atoms with Gasteiger partial charge in [0.1, 0.15) is 0 Å². The number of anilines is 2. The van der Waals surface area contributed by atoms with E-state index in [1.807, 2.05) is 6.07 Å². The second kappa shape index (κ2) is 5.48. The Hall–Kier alpha value is -1.76. The standard InChI is InChI=1S/C12H16N6S/c13-11-17-18-12(19-11)15-9-5-3-8(4-6-9)10-2-1-7-14-16-10/h1-2,7-9H,3-6H2,(H2,13,17)(H,15,18). The van der Waals surface area contributed by atoms with E-state index in [-0.39, 0.29) is 0 Å². The summed E-state index contributed by atoms with van der Waals surface area (Å²) < 4.78 is 0. The van der Waals surface area contributed by atoms with Crippen molar-refractivity contribution in [1.29, 1.82) is 0 Å². The van der Waals surface area contributed by atoms with Gasteiger partial charge in [0.2, 0.25) is 10.3 Å². The number of nitrogens with zero attached hydrogens (tertiary/aromatic N) is 4. The summed E-state index contributed by atoms with van der Waals surface area (Å²) in [4.78, 5) is 0. The van der Waals surface area contributed by atoms with Crippen molar-refractivity contribution in [2.75, 3.05) is 11.1 Å². The van der Waals surface area contributed by atoms with Gasteiger partial charge in [-0.2, -0.15) is 10.2 Å². The highest BCUT2D eigenvalue weighted by Gasteiger charge is 2.23. The molecule has 7 heteroatoms. The Kier molecular flexibility index (Phi) is 3.54. The molecule has 0 spiro atoms. The molecule has 0 aliphatic heterocycles. The van der Waals surface area contributed by atoms with Crippen LogP contribution >= 0.6 is 11.3 Å². The summed E-state index contributed by atoms with van der Waals surface area (Å²) in [5.41, 5.74) is 6.68. The lowest BCUT2D eigenvalue weighted by Gasteiger charge is -2.28. The van der Waals surface area contributed by atoms with E-state index in [4.69, 9.17) is 5.73 Å². The molecule has 3 rings (SSSR count). The molecular formula is C12H16N6S. The number of aromatic nitrogens is 4. The number of nitrogens with two attached hydrogens (primary N) is 1. The van der Waals surface area contributed by atoms with Crippen LogP contribution in [0.1, 0.15) is 37.3 Å². The third-order valence-electron chi connectivity index (χ3n) is 3.51. The molecule has 6 nitrogen and oxygen atoms in total. The van der Waals surface area contributed by atoms with Gasteiger partial charge in [-0.1, -0.05) is 11.3 Å². The summed E-state index contributed by atoms with van der Waals surface area (Å²) >= 11 is 1.40. The van der Waals surface area contributed by atoms with Crippen molar-refractivity contribution in [1.82, 2.24) is 20.4 Å². The van der Waals surface area contributed by atoms with E-state index in [0.29, 0.717) is 17.1 Å². The zero-order valence-corrected chi connectivity index (χ0v) is 11.3. The lowest BCUT2D eigenvalue weighted by atomic mass is 9.84. The van der Waals surface area contributed by atoms with Crippen LogP contribution in [0.15, 0.2) is 18.3 Å². The minimum atomic E-state index is 0.459. The molecule has 2 aromatic heterocycles. The van der Waals surface area contributed by atoms with Gasteiger partial charge in [-0.3, -0.25) is 0 Å². The molecule has 0 amide bonds. The summed E-state index contributed by atoms with van der Waals surface area (Å²) in [5, 5.41) is 20.7. The lowest BCUT2D eigenvalue weighted by Crippen LogP contribution is -2.25. The maximum absolute atomic E-state index is 5.57. The summed E-state index contributed by atoms with van der Waals surface area (Å²) in [6.07, 6.45) is 6.20. The SMILES string of the molecule is Nc1nnc(NC2CCC(c3cccnn3)CC2)s1. The van der Waals surface area contributed by atoms with Crippen LogP contribution in [-0.2, 0) is 0 Å². The number of hydrogen-bond donors (Lipinski definition) is 2. The molecule has 3 N–H and O–H groups in total. The summed E-state index contributed by atoms with van der Waals surface area (Å²) in [5.74, 6) is 0.534. The van der Waals surface area contributed by atoms with Crippen molar-refractivity contribution >= 4 is 21.6 Å². The lowest BCUT2D eigenvalue weighted by molar-refractivity contribution is 0.404. The van der Waals surface area contributed by atoms with E-state index >= 15 is 0 Å². The first-order chi connectivity index (χ1) is 9.31. The summed E-state index contributed by atoms with van der Waals surface area (Å²) in [6, 6.07) is 4.48. The third-order valence-corrected chi connectivity index (χ3v) is 4.19. The van der Waals surface area contributed by atoms with Crippen LogP contribution in [0.4, 0.5) is 10.3 Å². The van der Waals surface area contributed by atoms with Gasteiger partial charge in [0.05, 0.1) is 5.69 Å². The molecule has 0 bridgehead atoms. The summed E-state index contributed by atoms with van der Waals surface area (Å²) in [7, 11) is 0. The van der Waals surface area contributed by atoms with E-state index in [2.05, 4.69) is 31.8 Å².